The van der Waals surface area contributed by atoms with Gasteiger partial charge in [-0.15, -0.1) is 0 Å². The summed E-state index contributed by atoms with van der Waals surface area (Å²) < 4.78 is 16.8. The molecule has 6 rings (SSSR count). The van der Waals surface area contributed by atoms with Crippen molar-refractivity contribution in [2.75, 3.05) is 26.2 Å². The van der Waals surface area contributed by atoms with Gasteiger partial charge in [0.25, 0.3) is 11.5 Å². The first-order valence-electron chi connectivity index (χ1n) is 14.1. The van der Waals surface area contributed by atoms with Gasteiger partial charge in [0, 0.05) is 67.4 Å². The topological polar surface area (TPSA) is 86.6 Å². The number of carbonyl (C=O) groups excluding carboxylic acids is 1. The normalized spacial score (nSPS) is 20.8. The molecule has 1 atom stereocenters. The lowest BCUT2D eigenvalue weighted by molar-refractivity contribution is 0.0950. The van der Waals surface area contributed by atoms with E-state index in [1.165, 1.54) is 6.07 Å². The predicted molar refractivity (Wildman–Crippen MR) is 150 cm³/mol. The molecule has 8 heteroatoms. The largest absolute Gasteiger partial charge is 0.396 e. The fourth-order valence-corrected chi connectivity index (χ4v) is 5.73. The zero-order valence-electron chi connectivity index (χ0n) is 22.7. The Balaban J connectivity index is 1.45. The van der Waals surface area contributed by atoms with Crippen LogP contribution in [0.3, 0.4) is 0 Å². The van der Waals surface area contributed by atoms with Crippen LogP contribution in [-0.4, -0.2) is 58.8 Å². The monoisotopic (exact) mass is 532 g/mol. The van der Waals surface area contributed by atoms with Crippen LogP contribution in [-0.2, 0) is 13.1 Å². The van der Waals surface area contributed by atoms with Crippen LogP contribution in [0.25, 0.3) is 21.9 Å². The van der Waals surface area contributed by atoms with Crippen molar-refractivity contribution in [1.29, 1.82) is 0 Å². The highest BCUT2D eigenvalue weighted by Gasteiger charge is 2.42. The summed E-state index contributed by atoms with van der Waals surface area (Å²) >= 11 is 0. The third-order valence-electron chi connectivity index (χ3n) is 8.81. The van der Waals surface area contributed by atoms with Gasteiger partial charge in [-0.1, -0.05) is 6.07 Å². The zero-order valence-corrected chi connectivity index (χ0v) is 22.7. The van der Waals surface area contributed by atoms with Crippen LogP contribution in [0.2, 0.25) is 0 Å². The number of aliphatic hydroxyl groups is 1. The summed E-state index contributed by atoms with van der Waals surface area (Å²) in [5.74, 6) is -0.676. The summed E-state index contributed by atoms with van der Waals surface area (Å²) in [5.41, 5.74) is 2.98. The number of nitrogens with zero attached hydrogens (tertiary/aromatic N) is 2. The summed E-state index contributed by atoms with van der Waals surface area (Å²) in [5, 5.41) is 17.8. The molecule has 2 saturated carbocycles. The molecule has 0 unspecified atom stereocenters. The second kappa shape index (κ2) is 10.2. The van der Waals surface area contributed by atoms with Crippen molar-refractivity contribution in [3.63, 3.8) is 0 Å². The lowest BCUT2D eigenvalue weighted by Crippen LogP contribution is -2.49. The molecular weight excluding hydrogens is 495 g/mol. The van der Waals surface area contributed by atoms with Crippen molar-refractivity contribution >= 4 is 16.7 Å². The van der Waals surface area contributed by atoms with Crippen molar-refractivity contribution < 1.29 is 14.3 Å². The highest BCUT2D eigenvalue weighted by molar-refractivity contribution is 5.97. The molecule has 2 heterocycles. The van der Waals surface area contributed by atoms with E-state index in [0.717, 1.165) is 61.8 Å². The number of piperazine rings is 1. The van der Waals surface area contributed by atoms with Crippen molar-refractivity contribution in [2.24, 2.45) is 5.41 Å². The molecule has 3 fully saturated rings. The second-order valence-corrected chi connectivity index (χ2v) is 11.9. The number of rotatable bonds is 8. The van der Waals surface area contributed by atoms with Crippen molar-refractivity contribution in [3.05, 3.63) is 69.4 Å². The van der Waals surface area contributed by atoms with Crippen LogP contribution in [0.15, 0.2) is 41.3 Å². The first-order valence-corrected chi connectivity index (χ1v) is 14.1. The molecule has 3 aromatic rings. The predicted octanol–water partition coefficient (Wildman–Crippen LogP) is 3.57. The highest BCUT2D eigenvalue weighted by Crippen LogP contribution is 2.46. The Hall–Kier alpha value is -3.07. The summed E-state index contributed by atoms with van der Waals surface area (Å²) in [7, 11) is 0. The summed E-state index contributed by atoms with van der Waals surface area (Å²) in [6.45, 7) is 7.92. The fourth-order valence-electron chi connectivity index (χ4n) is 5.73. The van der Waals surface area contributed by atoms with E-state index >= 15 is 4.39 Å². The summed E-state index contributed by atoms with van der Waals surface area (Å²) in [4.78, 5) is 28.8. The van der Waals surface area contributed by atoms with Crippen LogP contribution in [0.5, 0.6) is 0 Å². The number of hydrogen-bond acceptors (Lipinski definition) is 5. The van der Waals surface area contributed by atoms with E-state index in [4.69, 9.17) is 0 Å². The van der Waals surface area contributed by atoms with E-state index < -0.39 is 5.82 Å². The summed E-state index contributed by atoms with van der Waals surface area (Å²) in [6, 6.07) is 9.27. The number of pyridine rings is 1. The van der Waals surface area contributed by atoms with E-state index in [-0.39, 0.29) is 29.5 Å². The van der Waals surface area contributed by atoms with E-state index in [2.05, 4.69) is 22.5 Å². The molecule has 0 bridgehead atoms. The number of halogens is 1. The number of nitrogens with one attached hydrogen (secondary N) is 2. The lowest BCUT2D eigenvalue weighted by atomic mass is 9.94. The highest BCUT2D eigenvalue weighted by atomic mass is 19.1. The van der Waals surface area contributed by atoms with E-state index in [1.807, 2.05) is 24.4 Å². The van der Waals surface area contributed by atoms with Gasteiger partial charge >= 0.3 is 0 Å². The van der Waals surface area contributed by atoms with E-state index in [9.17, 15) is 14.7 Å². The third-order valence-corrected chi connectivity index (χ3v) is 8.81. The van der Waals surface area contributed by atoms with Gasteiger partial charge in [-0.05, 0) is 91.4 Å². The summed E-state index contributed by atoms with van der Waals surface area (Å²) in [6.07, 6.45) is 5.73. The molecule has 0 radical (unpaired) electrons. The Labute approximate surface area is 228 Å². The third kappa shape index (κ3) is 5.25. The quantitative estimate of drug-likeness (QED) is 0.413. The van der Waals surface area contributed by atoms with Crippen LogP contribution in [0, 0.1) is 18.2 Å². The van der Waals surface area contributed by atoms with Crippen molar-refractivity contribution in [2.45, 2.75) is 64.7 Å². The first-order chi connectivity index (χ1) is 18.8. The van der Waals surface area contributed by atoms with Crippen LogP contribution >= 0.6 is 0 Å². The lowest BCUT2D eigenvalue weighted by Gasteiger charge is -2.34. The standard InChI is InChI=1S/C31H37FN4O3/c1-19-14-33-9-10-35(19)15-23-16-36(17-31(18-37)7-8-31)30(39)25-6-3-21(11-27(23)25)26-12-22(13-28(32)20(26)2)29(38)34-24-4-5-24/h3,6,11-13,16,19,24,33,37H,4-5,7-10,14-15,17-18H2,1-2H3,(H,34,38)/t19-/m1/s1. The SMILES string of the molecule is Cc1c(F)cc(C(=O)NC2CC2)cc1-c1ccc2c(=O)n(CC3(CO)CC3)cc(CN3CCNC[C@H]3C)c2c1. The van der Waals surface area contributed by atoms with E-state index in [1.54, 1.807) is 17.6 Å². The van der Waals surface area contributed by atoms with Gasteiger partial charge < -0.3 is 20.3 Å². The number of carbonyl (C=O) groups is 1. The molecule has 39 heavy (non-hydrogen) atoms. The maximum Gasteiger partial charge on any atom is 0.258 e. The van der Waals surface area contributed by atoms with Gasteiger partial charge in [0.15, 0.2) is 0 Å². The van der Waals surface area contributed by atoms with Crippen LogP contribution in [0.1, 0.15) is 54.1 Å². The molecule has 2 aromatic carbocycles. The fraction of sp³-hybridized carbons (Fsp3) is 0.484. The minimum Gasteiger partial charge on any atom is -0.396 e. The van der Waals surface area contributed by atoms with Crippen molar-refractivity contribution in [3.8, 4) is 11.1 Å². The molecule has 2 aliphatic carbocycles. The maximum atomic E-state index is 15.0. The minimum atomic E-state index is -0.419. The number of aromatic nitrogens is 1. The Bertz CT molecular complexity index is 1490. The van der Waals surface area contributed by atoms with Gasteiger partial charge in [0.05, 0.1) is 6.61 Å². The Morgan fingerprint density at radius 3 is 2.69 bits per heavy atom. The molecule has 1 saturated heterocycles. The Morgan fingerprint density at radius 2 is 2.00 bits per heavy atom. The maximum absolute atomic E-state index is 15.0. The number of aliphatic hydroxyl groups excluding tert-OH is 1. The molecule has 3 N–H and O–H groups in total. The molecule has 206 valence electrons. The molecule has 1 amide bonds. The average Bonchev–Trinajstić information content (AvgIpc) is 3.87. The van der Waals surface area contributed by atoms with E-state index in [0.29, 0.717) is 41.2 Å². The molecule has 1 aliphatic heterocycles. The van der Waals surface area contributed by atoms with Gasteiger partial charge in [-0.25, -0.2) is 4.39 Å². The average molecular weight is 533 g/mol. The van der Waals surface area contributed by atoms with Gasteiger partial charge in [0.1, 0.15) is 5.82 Å². The van der Waals surface area contributed by atoms with Gasteiger partial charge in [-0.3, -0.25) is 14.5 Å². The molecule has 7 nitrogen and oxygen atoms in total. The number of benzene rings is 2. The Kier molecular flexibility index (Phi) is 6.81. The second-order valence-electron chi connectivity index (χ2n) is 11.9. The van der Waals surface area contributed by atoms with Gasteiger partial charge in [-0.2, -0.15) is 0 Å². The number of fused-ring (bicyclic) bond motifs is 1. The number of hydrogen-bond donors (Lipinski definition) is 3. The molecular formula is C31H37FN4O3. The Morgan fingerprint density at radius 1 is 1.21 bits per heavy atom. The van der Waals surface area contributed by atoms with Gasteiger partial charge in [0.2, 0.25) is 0 Å². The first kappa shape index (κ1) is 26.2. The molecule has 1 aromatic heterocycles. The smallest absolute Gasteiger partial charge is 0.258 e. The minimum absolute atomic E-state index is 0.0751. The number of amides is 1. The molecule has 3 aliphatic rings. The van der Waals surface area contributed by atoms with Crippen LogP contribution < -0.4 is 16.2 Å². The van der Waals surface area contributed by atoms with Crippen molar-refractivity contribution in [1.82, 2.24) is 20.1 Å². The van der Waals surface area contributed by atoms with Crippen LogP contribution in [0.4, 0.5) is 4.39 Å². The zero-order chi connectivity index (χ0) is 27.3. The molecule has 0 spiro atoms.